The van der Waals surface area contributed by atoms with E-state index in [-0.39, 0.29) is 11.9 Å². The summed E-state index contributed by atoms with van der Waals surface area (Å²) in [6, 6.07) is 13.5. The van der Waals surface area contributed by atoms with Crippen molar-refractivity contribution in [2.24, 2.45) is 0 Å². The van der Waals surface area contributed by atoms with Gasteiger partial charge in [-0.2, -0.15) is 0 Å². The highest BCUT2D eigenvalue weighted by atomic mass is 35.5. The fourth-order valence-corrected chi connectivity index (χ4v) is 3.51. The van der Waals surface area contributed by atoms with E-state index in [1.165, 1.54) is 0 Å². The fraction of sp³-hybridized carbons (Fsp3) is 0.150. The minimum atomic E-state index is -0.275. The van der Waals surface area contributed by atoms with Crippen LogP contribution in [-0.2, 0) is 0 Å². The third kappa shape index (κ3) is 2.59. The molecular formula is C20H18ClN3O. The molecule has 5 heteroatoms. The number of nitrogens with zero attached hydrogens (tertiary/aromatic N) is 1. The zero-order chi connectivity index (χ0) is 17.6. The summed E-state index contributed by atoms with van der Waals surface area (Å²) in [7, 11) is 3.92. The van der Waals surface area contributed by atoms with Crippen LogP contribution in [0.4, 0.5) is 5.69 Å². The Morgan fingerprint density at radius 2 is 1.76 bits per heavy atom. The Morgan fingerprint density at radius 3 is 2.48 bits per heavy atom. The van der Waals surface area contributed by atoms with Crippen LogP contribution in [0.5, 0.6) is 0 Å². The number of halogens is 1. The number of carbonyl (C=O) groups excluding carboxylic acids is 1. The molecule has 0 bridgehead atoms. The van der Waals surface area contributed by atoms with Crippen LogP contribution in [0.1, 0.15) is 10.4 Å². The first-order valence-electron chi connectivity index (χ1n) is 8.11. The zero-order valence-electron chi connectivity index (χ0n) is 14.0. The summed E-state index contributed by atoms with van der Waals surface area (Å²) in [5.74, 6) is 0.968. The van der Waals surface area contributed by atoms with E-state index in [1.807, 2.05) is 61.5 Å². The van der Waals surface area contributed by atoms with Crippen LogP contribution in [0.25, 0.3) is 11.1 Å². The molecule has 4 rings (SSSR count). The highest BCUT2D eigenvalue weighted by molar-refractivity contribution is 6.35. The van der Waals surface area contributed by atoms with Crippen molar-refractivity contribution in [3.05, 3.63) is 76.6 Å². The van der Waals surface area contributed by atoms with E-state index < -0.39 is 0 Å². The Hall–Kier alpha value is -2.72. The molecule has 1 atom stereocenters. The number of benzene rings is 2. The van der Waals surface area contributed by atoms with Gasteiger partial charge in [0.2, 0.25) is 0 Å². The molecule has 25 heavy (non-hydrogen) atoms. The number of anilines is 1. The Kier molecular flexibility index (Phi) is 3.77. The molecule has 0 aromatic heterocycles. The summed E-state index contributed by atoms with van der Waals surface area (Å²) in [6.07, 6.45) is 3.53. The number of ketones is 1. The van der Waals surface area contributed by atoms with E-state index in [0.29, 0.717) is 16.2 Å². The van der Waals surface area contributed by atoms with Crippen LogP contribution < -0.4 is 10.6 Å². The molecule has 0 fully saturated rings. The summed E-state index contributed by atoms with van der Waals surface area (Å²) in [5, 5.41) is 7.46. The van der Waals surface area contributed by atoms with Gasteiger partial charge < -0.3 is 15.5 Å². The molecule has 0 saturated heterocycles. The lowest BCUT2D eigenvalue weighted by atomic mass is 9.89. The number of Topliss-reactive ketones (excluding diaryl/α,β-unsaturated/α-hetero) is 1. The van der Waals surface area contributed by atoms with Gasteiger partial charge >= 0.3 is 0 Å². The smallest absolute Gasteiger partial charge is 0.195 e. The molecule has 2 aromatic rings. The standard InChI is InChI=1S/C20H18ClN3O/c1-24(2)16-11-9-14-19(25)13-8-10-15(21)17(12-6-4-3-5-7-12)18(13)23-20(14)22-16/h3-11,20,22-23H,1-2H3. The molecule has 0 spiro atoms. The van der Waals surface area contributed by atoms with Crippen LogP contribution in [-0.4, -0.2) is 30.9 Å². The van der Waals surface area contributed by atoms with Gasteiger partial charge in [-0.1, -0.05) is 41.9 Å². The second-order valence-corrected chi connectivity index (χ2v) is 6.74. The van der Waals surface area contributed by atoms with Gasteiger partial charge in [-0.15, -0.1) is 0 Å². The fourth-order valence-electron chi connectivity index (χ4n) is 3.24. The van der Waals surface area contributed by atoms with Gasteiger partial charge in [-0.3, -0.25) is 4.79 Å². The predicted octanol–water partition coefficient (Wildman–Crippen LogP) is 3.87. The largest absolute Gasteiger partial charge is 0.365 e. The van der Waals surface area contributed by atoms with Gasteiger partial charge in [-0.05, 0) is 29.8 Å². The molecule has 2 aliphatic rings. The molecule has 126 valence electrons. The van der Waals surface area contributed by atoms with Crippen molar-refractivity contribution >= 4 is 23.1 Å². The van der Waals surface area contributed by atoms with Crippen molar-refractivity contribution < 1.29 is 4.79 Å². The first kappa shape index (κ1) is 15.8. The van der Waals surface area contributed by atoms with E-state index in [4.69, 9.17) is 11.6 Å². The van der Waals surface area contributed by atoms with Gasteiger partial charge in [0, 0.05) is 30.8 Å². The van der Waals surface area contributed by atoms with E-state index in [2.05, 4.69) is 10.6 Å². The number of fused-ring (bicyclic) bond motifs is 2. The second-order valence-electron chi connectivity index (χ2n) is 6.33. The topological polar surface area (TPSA) is 44.4 Å². The lowest BCUT2D eigenvalue weighted by Crippen LogP contribution is -2.47. The Morgan fingerprint density at radius 1 is 1.00 bits per heavy atom. The summed E-state index contributed by atoms with van der Waals surface area (Å²) >= 11 is 6.49. The lowest BCUT2D eigenvalue weighted by molar-refractivity contribution is 0.102. The normalized spacial score (nSPS) is 18.2. The van der Waals surface area contributed by atoms with Gasteiger partial charge in [0.05, 0.1) is 10.7 Å². The maximum Gasteiger partial charge on any atom is 0.195 e. The number of nitrogens with one attached hydrogen (secondary N) is 2. The zero-order valence-corrected chi connectivity index (χ0v) is 14.8. The van der Waals surface area contributed by atoms with E-state index in [0.717, 1.165) is 22.6 Å². The number of hydrogen-bond donors (Lipinski definition) is 2. The Balaban J connectivity index is 1.85. The van der Waals surface area contributed by atoms with E-state index in [9.17, 15) is 4.79 Å². The van der Waals surface area contributed by atoms with E-state index >= 15 is 0 Å². The van der Waals surface area contributed by atoms with E-state index in [1.54, 1.807) is 12.1 Å². The molecule has 2 heterocycles. The molecular weight excluding hydrogens is 334 g/mol. The summed E-state index contributed by atoms with van der Waals surface area (Å²) in [6.45, 7) is 0. The van der Waals surface area contributed by atoms with Gasteiger partial charge in [0.15, 0.2) is 5.78 Å². The SMILES string of the molecule is CN(C)C1=CC=C2C(=O)c3ccc(Cl)c(-c4ccccc4)c3NC2N1. The number of hydrogen-bond acceptors (Lipinski definition) is 4. The summed E-state index contributed by atoms with van der Waals surface area (Å²) < 4.78 is 0. The molecule has 2 aromatic carbocycles. The monoisotopic (exact) mass is 351 g/mol. The maximum absolute atomic E-state index is 13.0. The van der Waals surface area contributed by atoms with Crippen molar-refractivity contribution in [3.8, 4) is 11.1 Å². The van der Waals surface area contributed by atoms with Gasteiger partial charge in [-0.25, -0.2) is 0 Å². The molecule has 0 amide bonds. The number of allylic oxidation sites excluding steroid dienone is 2. The van der Waals surface area contributed by atoms with Crippen molar-refractivity contribution in [1.29, 1.82) is 0 Å². The average Bonchev–Trinajstić information content (AvgIpc) is 2.62. The first-order chi connectivity index (χ1) is 12.1. The average molecular weight is 352 g/mol. The third-order valence-electron chi connectivity index (χ3n) is 4.52. The minimum Gasteiger partial charge on any atom is -0.365 e. The van der Waals surface area contributed by atoms with Crippen molar-refractivity contribution in [2.75, 3.05) is 19.4 Å². The molecule has 1 unspecified atom stereocenters. The quantitative estimate of drug-likeness (QED) is 0.862. The molecule has 4 nitrogen and oxygen atoms in total. The van der Waals surface area contributed by atoms with Crippen molar-refractivity contribution in [3.63, 3.8) is 0 Å². The van der Waals surface area contributed by atoms with Crippen molar-refractivity contribution in [2.45, 2.75) is 6.17 Å². The molecule has 2 aliphatic heterocycles. The van der Waals surface area contributed by atoms with Crippen LogP contribution >= 0.6 is 11.6 Å². The number of carbonyl (C=O) groups is 1. The number of dihydropyridines is 1. The van der Waals surface area contributed by atoms with Crippen LogP contribution in [0, 0.1) is 0 Å². The first-order valence-corrected chi connectivity index (χ1v) is 8.49. The molecule has 0 saturated carbocycles. The predicted molar refractivity (Wildman–Crippen MR) is 102 cm³/mol. The van der Waals surface area contributed by atoms with Crippen LogP contribution in [0.3, 0.4) is 0 Å². The minimum absolute atomic E-state index is 0.0224. The third-order valence-corrected chi connectivity index (χ3v) is 4.83. The maximum atomic E-state index is 13.0. The van der Waals surface area contributed by atoms with Gasteiger partial charge in [0.25, 0.3) is 0 Å². The van der Waals surface area contributed by atoms with Crippen molar-refractivity contribution in [1.82, 2.24) is 10.2 Å². The summed E-state index contributed by atoms with van der Waals surface area (Å²) in [4.78, 5) is 15.0. The summed E-state index contributed by atoms with van der Waals surface area (Å²) in [5.41, 5.74) is 3.97. The molecule has 0 aliphatic carbocycles. The highest BCUT2D eigenvalue weighted by Crippen LogP contribution is 2.41. The van der Waals surface area contributed by atoms with Crippen LogP contribution in [0.2, 0.25) is 5.02 Å². The Labute approximate surface area is 151 Å². The Bertz CT molecular complexity index is 916. The van der Waals surface area contributed by atoms with Gasteiger partial charge in [0.1, 0.15) is 12.0 Å². The molecule has 2 N–H and O–H groups in total. The molecule has 0 radical (unpaired) electrons. The highest BCUT2D eigenvalue weighted by Gasteiger charge is 2.34. The van der Waals surface area contributed by atoms with Crippen LogP contribution in [0.15, 0.2) is 66.0 Å². The lowest BCUT2D eigenvalue weighted by Gasteiger charge is -2.35. The number of rotatable bonds is 2. The second kappa shape index (κ2) is 5.97.